The van der Waals surface area contributed by atoms with Crippen molar-refractivity contribution in [1.29, 1.82) is 5.26 Å². The lowest BCUT2D eigenvalue weighted by molar-refractivity contribution is -0.118. The van der Waals surface area contributed by atoms with Crippen LogP contribution >= 0.6 is 11.8 Å². The van der Waals surface area contributed by atoms with Gasteiger partial charge >= 0.3 is 0 Å². The fourth-order valence-electron chi connectivity index (χ4n) is 3.84. The van der Waals surface area contributed by atoms with Crippen LogP contribution in [0.5, 0.6) is 11.5 Å². The van der Waals surface area contributed by atoms with Crippen molar-refractivity contribution in [1.82, 2.24) is 15.6 Å². The molecule has 1 N–H and O–H groups in total. The highest BCUT2D eigenvalue weighted by Crippen LogP contribution is 2.21. The van der Waals surface area contributed by atoms with Gasteiger partial charge in [0.15, 0.2) is 0 Å². The van der Waals surface area contributed by atoms with Gasteiger partial charge in [-0.1, -0.05) is 42.1 Å². The van der Waals surface area contributed by atoms with Gasteiger partial charge in [0.05, 0.1) is 30.7 Å². The number of carbonyl (C=O) groups excluding carboxylic acids is 1. The minimum Gasteiger partial charge on any atom is -0.496 e. The average molecular weight is 556 g/mol. The summed E-state index contributed by atoms with van der Waals surface area (Å²) < 4.78 is 16.7. The molecule has 0 atom stereocenters. The first-order chi connectivity index (χ1) is 19.5. The van der Waals surface area contributed by atoms with Gasteiger partial charge in [0.2, 0.25) is 5.89 Å². The Morgan fingerprint density at radius 3 is 2.73 bits per heavy atom. The Morgan fingerprint density at radius 2 is 1.95 bits per heavy atom. The molecule has 0 fully saturated rings. The zero-order valence-electron chi connectivity index (χ0n) is 22.3. The third-order valence-corrected chi connectivity index (χ3v) is 6.72. The molecule has 0 aliphatic rings. The topological polar surface area (TPSA) is 123 Å². The molecule has 0 bridgehead atoms. The van der Waals surface area contributed by atoms with E-state index in [1.165, 1.54) is 5.56 Å². The number of thioether (sulfide) groups is 1. The van der Waals surface area contributed by atoms with E-state index >= 15 is 0 Å². The van der Waals surface area contributed by atoms with Gasteiger partial charge in [-0.2, -0.15) is 10.4 Å². The Labute approximate surface area is 237 Å². The van der Waals surface area contributed by atoms with E-state index in [0.29, 0.717) is 35.5 Å². The summed E-state index contributed by atoms with van der Waals surface area (Å²) in [6.07, 6.45) is 3.97. The number of hydrogen-bond acceptors (Lipinski definition) is 9. The third kappa shape index (κ3) is 8.44. The van der Waals surface area contributed by atoms with Crippen molar-refractivity contribution >= 4 is 23.9 Å². The Bertz CT molecular complexity index is 1490. The number of rotatable bonds is 13. The summed E-state index contributed by atoms with van der Waals surface area (Å²) in [4.78, 5) is 12.2. The second-order valence-corrected chi connectivity index (χ2v) is 9.75. The number of hydrogen-bond donors (Lipinski definition) is 1. The molecule has 0 saturated carbocycles. The van der Waals surface area contributed by atoms with Gasteiger partial charge in [0.25, 0.3) is 11.1 Å². The third-order valence-electron chi connectivity index (χ3n) is 5.91. The molecule has 4 rings (SSSR count). The molecular weight excluding hydrogens is 526 g/mol. The molecule has 0 aliphatic carbocycles. The van der Waals surface area contributed by atoms with Crippen LogP contribution in [0.4, 0.5) is 0 Å². The fourth-order valence-corrected chi connectivity index (χ4v) is 4.41. The number of nitriles is 1. The number of aryl methyl sites for hydroxylation is 3. The highest BCUT2D eigenvalue weighted by atomic mass is 32.2. The lowest BCUT2D eigenvalue weighted by Gasteiger charge is -2.07. The number of nitrogens with one attached hydrogen (secondary N) is 1. The molecule has 4 aromatic rings. The largest absolute Gasteiger partial charge is 0.496 e. The van der Waals surface area contributed by atoms with E-state index in [0.717, 1.165) is 47.0 Å². The molecule has 204 valence electrons. The van der Waals surface area contributed by atoms with Crippen molar-refractivity contribution in [2.45, 2.75) is 38.0 Å². The molecule has 1 amide bonds. The van der Waals surface area contributed by atoms with E-state index in [1.54, 1.807) is 31.5 Å². The molecule has 1 aromatic heterocycles. The maximum Gasteiger partial charge on any atom is 0.277 e. The quantitative estimate of drug-likeness (QED) is 0.135. The van der Waals surface area contributed by atoms with Gasteiger partial charge in [-0.25, -0.2) is 5.43 Å². The van der Waals surface area contributed by atoms with Crippen LogP contribution in [0, 0.1) is 18.3 Å². The number of hydrazone groups is 1. The van der Waals surface area contributed by atoms with Gasteiger partial charge in [-0.3, -0.25) is 4.79 Å². The van der Waals surface area contributed by atoms with Gasteiger partial charge in [-0.15, -0.1) is 10.2 Å². The van der Waals surface area contributed by atoms with Gasteiger partial charge < -0.3 is 13.9 Å². The van der Waals surface area contributed by atoms with Crippen LogP contribution in [0.1, 0.15) is 40.1 Å². The monoisotopic (exact) mass is 555 g/mol. The van der Waals surface area contributed by atoms with Gasteiger partial charge in [0, 0.05) is 12.0 Å². The van der Waals surface area contributed by atoms with Gasteiger partial charge in [0.1, 0.15) is 18.1 Å². The van der Waals surface area contributed by atoms with Crippen LogP contribution in [0.15, 0.2) is 81.5 Å². The number of ether oxygens (including phenoxy) is 2. The predicted octanol–water partition coefficient (Wildman–Crippen LogP) is 5.26. The molecule has 10 heteroatoms. The summed E-state index contributed by atoms with van der Waals surface area (Å²) in [5, 5.41) is 21.6. The zero-order chi connectivity index (χ0) is 28.2. The van der Waals surface area contributed by atoms with Crippen LogP contribution in [0.3, 0.4) is 0 Å². The molecule has 0 aliphatic heterocycles. The zero-order valence-corrected chi connectivity index (χ0v) is 23.1. The van der Waals surface area contributed by atoms with Crippen molar-refractivity contribution in [3.8, 4) is 17.6 Å². The van der Waals surface area contributed by atoms with Crippen molar-refractivity contribution in [2.24, 2.45) is 5.10 Å². The van der Waals surface area contributed by atoms with Crippen LogP contribution in [0.25, 0.3) is 0 Å². The normalized spacial score (nSPS) is 10.8. The Balaban J connectivity index is 1.15. The molecule has 0 spiro atoms. The smallest absolute Gasteiger partial charge is 0.277 e. The molecule has 0 unspecified atom stereocenters. The summed E-state index contributed by atoms with van der Waals surface area (Å²) >= 11 is 1.16. The van der Waals surface area contributed by atoms with E-state index < -0.39 is 0 Å². The fraction of sp³-hybridized carbons (Fsp3) is 0.233. The maximum absolute atomic E-state index is 12.2. The molecule has 0 saturated heterocycles. The molecule has 40 heavy (non-hydrogen) atoms. The van der Waals surface area contributed by atoms with E-state index in [4.69, 9.17) is 13.9 Å². The Kier molecular flexibility index (Phi) is 10.3. The minimum absolute atomic E-state index is 0.0983. The van der Waals surface area contributed by atoms with Crippen LogP contribution in [0.2, 0.25) is 0 Å². The first kappa shape index (κ1) is 28.4. The number of nitrogens with zero attached hydrogens (tertiary/aromatic N) is 4. The van der Waals surface area contributed by atoms with E-state index in [9.17, 15) is 10.1 Å². The number of aromatic nitrogens is 2. The standard InChI is InChI=1S/C30H29N5O4S/c1-21-16-22(12-15-27(21)37-2)6-5-9-29-34-35-30(39-29)40-20-28(36)33-32-18-23-10-13-26(14-11-23)38-19-25-8-4-3-7-24(25)17-31/h3-4,7-8,10-16,18H,5-6,9,19-20H2,1-2H3,(H,33,36). The average Bonchev–Trinajstić information content (AvgIpc) is 3.43. The van der Waals surface area contributed by atoms with Crippen molar-refractivity contribution in [3.63, 3.8) is 0 Å². The van der Waals surface area contributed by atoms with Gasteiger partial charge in [-0.05, 0) is 72.9 Å². The summed E-state index contributed by atoms with van der Waals surface area (Å²) in [5.41, 5.74) is 7.05. The van der Waals surface area contributed by atoms with Crippen LogP contribution in [-0.4, -0.2) is 35.2 Å². The van der Waals surface area contributed by atoms with Crippen molar-refractivity contribution in [2.75, 3.05) is 12.9 Å². The van der Waals surface area contributed by atoms with Crippen molar-refractivity contribution in [3.05, 3.63) is 100 Å². The molecular formula is C30H29N5O4S. The summed E-state index contributed by atoms with van der Waals surface area (Å²) in [5.74, 6) is 1.91. The Hall–Kier alpha value is -4.62. The number of amides is 1. The first-order valence-corrected chi connectivity index (χ1v) is 13.6. The molecule has 1 heterocycles. The lowest BCUT2D eigenvalue weighted by Crippen LogP contribution is -2.19. The van der Waals surface area contributed by atoms with Crippen molar-refractivity contribution < 1.29 is 18.7 Å². The van der Waals surface area contributed by atoms with E-state index in [1.807, 2.05) is 43.3 Å². The number of methoxy groups -OCH3 is 1. The lowest BCUT2D eigenvalue weighted by atomic mass is 10.1. The highest BCUT2D eigenvalue weighted by molar-refractivity contribution is 7.99. The molecule has 0 radical (unpaired) electrons. The number of benzene rings is 3. The maximum atomic E-state index is 12.2. The second kappa shape index (κ2) is 14.5. The molecule has 3 aromatic carbocycles. The second-order valence-electron chi connectivity index (χ2n) is 8.83. The SMILES string of the molecule is COc1ccc(CCCc2nnc(SCC(=O)NN=Cc3ccc(OCc4ccccc4C#N)cc3)o2)cc1C. The summed E-state index contributed by atoms with van der Waals surface area (Å²) in [6.45, 7) is 2.33. The molecule has 9 nitrogen and oxygen atoms in total. The summed E-state index contributed by atoms with van der Waals surface area (Å²) in [6, 6.07) is 22.9. The minimum atomic E-state index is -0.285. The number of carbonyl (C=O) groups is 1. The van der Waals surface area contributed by atoms with E-state index in [-0.39, 0.29) is 11.7 Å². The summed E-state index contributed by atoms with van der Waals surface area (Å²) in [7, 11) is 1.67. The first-order valence-electron chi connectivity index (χ1n) is 12.7. The predicted molar refractivity (Wildman–Crippen MR) is 152 cm³/mol. The van der Waals surface area contributed by atoms with E-state index in [2.05, 4.69) is 38.9 Å². The van der Waals surface area contributed by atoms with Crippen LogP contribution in [-0.2, 0) is 24.2 Å². The highest BCUT2D eigenvalue weighted by Gasteiger charge is 2.10. The Morgan fingerprint density at radius 1 is 1.12 bits per heavy atom. The van der Waals surface area contributed by atoms with Crippen LogP contribution < -0.4 is 14.9 Å².